The second kappa shape index (κ2) is 7.93. The molecule has 0 aliphatic heterocycles. The number of hydrogen-bond donors (Lipinski definition) is 2. The number of benzene rings is 2. The largest absolute Gasteiger partial charge is 0.495 e. The van der Waals surface area contributed by atoms with E-state index >= 15 is 0 Å². The number of hydrogen-bond acceptors (Lipinski definition) is 6. The van der Waals surface area contributed by atoms with Gasteiger partial charge in [0.05, 0.1) is 24.9 Å². The summed E-state index contributed by atoms with van der Waals surface area (Å²) in [5.41, 5.74) is 2.79. The lowest BCUT2D eigenvalue weighted by Gasteiger charge is -2.14. The predicted octanol–water partition coefficient (Wildman–Crippen LogP) is 4.94. The maximum absolute atomic E-state index is 6.14. The lowest BCUT2D eigenvalue weighted by Crippen LogP contribution is -2.02. The fourth-order valence-electron chi connectivity index (χ4n) is 2.35. The maximum atomic E-state index is 6.14. The molecule has 0 aliphatic rings. The molecule has 0 spiro atoms. The van der Waals surface area contributed by atoms with Gasteiger partial charge in [-0.15, -0.1) is 0 Å². The van der Waals surface area contributed by atoms with Crippen molar-refractivity contribution in [3.63, 3.8) is 0 Å². The predicted molar refractivity (Wildman–Crippen MR) is 104 cm³/mol. The van der Waals surface area contributed by atoms with E-state index in [1.165, 1.54) is 5.56 Å². The molecule has 0 radical (unpaired) electrons. The summed E-state index contributed by atoms with van der Waals surface area (Å²) in [6.45, 7) is 2.04. The molecule has 134 valence electrons. The zero-order valence-corrected chi connectivity index (χ0v) is 15.5. The summed E-state index contributed by atoms with van der Waals surface area (Å²) >= 11 is 6.14. The Kier molecular flexibility index (Phi) is 5.43. The Morgan fingerprint density at radius 2 is 1.65 bits per heavy atom. The summed E-state index contributed by atoms with van der Waals surface area (Å²) in [7, 11) is 3.14. The highest BCUT2D eigenvalue weighted by molar-refractivity contribution is 6.32. The van der Waals surface area contributed by atoms with Crippen LogP contribution in [0.2, 0.25) is 5.02 Å². The second-order valence-corrected chi connectivity index (χ2v) is 5.98. The summed E-state index contributed by atoms with van der Waals surface area (Å²) in [5.74, 6) is 2.22. The van der Waals surface area contributed by atoms with Crippen LogP contribution < -0.4 is 20.1 Å². The maximum Gasteiger partial charge on any atom is 0.229 e. The molecule has 6 nitrogen and oxygen atoms in total. The minimum Gasteiger partial charge on any atom is -0.495 e. The molecular weight excluding hydrogens is 352 g/mol. The van der Waals surface area contributed by atoms with Crippen molar-refractivity contribution in [2.75, 3.05) is 24.9 Å². The highest BCUT2D eigenvalue weighted by Crippen LogP contribution is 2.37. The van der Waals surface area contributed by atoms with Crippen molar-refractivity contribution < 1.29 is 9.47 Å². The van der Waals surface area contributed by atoms with Gasteiger partial charge in [0, 0.05) is 24.0 Å². The van der Waals surface area contributed by atoms with E-state index in [2.05, 4.69) is 20.6 Å². The molecule has 0 aliphatic carbocycles. The van der Waals surface area contributed by atoms with Crippen molar-refractivity contribution in [1.29, 1.82) is 0 Å². The Hall–Kier alpha value is -2.99. The summed E-state index contributed by atoms with van der Waals surface area (Å²) < 4.78 is 10.6. The van der Waals surface area contributed by atoms with Gasteiger partial charge in [0.25, 0.3) is 0 Å². The van der Waals surface area contributed by atoms with Crippen LogP contribution >= 0.6 is 11.6 Å². The summed E-state index contributed by atoms with van der Waals surface area (Å²) in [6, 6.07) is 13.2. The molecule has 0 fully saturated rings. The number of ether oxygens (including phenoxy) is 2. The number of nitrogens with one attached hydrogen (secondary N) is 2. The van der Waals surface area contributed by atoms with Gasteiger partial charge in [-0.05, 0) is 25.1 Å². The number of rotatable bonds is 6. The number of nitrogens with zero attached hydrogens (tertiary/aromatic N) is 2. The van der Waals surface area contributed by atoms with Crippen LogP contribution in [0.4, 0.5) is 23.1 Å². The standard InChI is InChI=1S/C19H19ClN4O2/c1-12-4-6-13(7-5-12)22-19-21-9-8-18(24-19)23-15-11-16(25-2)14(20)10-17(15)26-3/h4-11H,1-3H3,(H2,21,22,23,24). The molecule has 7 heteroatoms. The molecule has 2 N–H and O–H groups in total. The van der Waals surface area contributed by atoms with Crippen molar-refractivity contribution in [2.24, 2.45) is 0 Å². The third-order valence-corrected chi connectivity index (χ3v) is 4.00. The fourth-order valence-corrected chi connectivity index (χ4v) is 2.58. The first-order chi connectivity index (χ1) is 12.6. The smallest absolute Gasteiger partial charge is 0.229 e. The Morgan fingerprint density at radius 3 is 2.35 bits per heavy atom. The van der Waals surface area contributed by atoms with E-state index in [9.17, 15) is 0 Å². The monoisotopic (exact) mass is 370 g/mol. The van der Waals surface area contributed by atoms with E-state index in [-0.39, 0.29) is 0 Å². The molecule has 0 unspecified atom stereocenters. The Morgan fingerprint density at radius 1 is 0.923 bits per heavy atom. The van der Waals surface area contributed by atoms with Crippen LogP contribution in [-0.4, -0.2) is 24.2 Å². The van der Waals surface area contributed by atoms with Gasteiger partial charge in [-0.2, -0.15) is 4.98 Å². The van der Waals surface area contributed by atoms with Gasteiger partial charge < -0.3 is 20.1 Å². The first-order valence-corrected chi connectivity index (χ1v) is 8.32. The van der Waals surface area contributed by atoms with Gasteiger partial charge in [0.2, 0.25) is 5.95 Å². The fraction of sp³-hybridized carbons (Fsp3) is 0.158. The van der Waals surface area contributed by atoms with Crippen LogP contribution in [0.15, 0.2) is 48.7 Å². The lowest BCUT2D eigenvalue weighted by atomic mass is 10.2. The number of aromatic nitrogens is 2. The van der Waals surface area contributed by atoms with Gasteiger partial charge in [-0.1, -0.05) is 29.3 Å². The average Bonchev–Trinajstić information content (AvgIpc) is 2.65. The topological polar surface area (TPSA) is 68.3 Å². The lowest BCUT2D eigenvalue weighted by molar-refractivity contribution is 0.405. The van der Waals surface area contributed by atoms with Crippen LogP contribution in [0.1, 0.15) is 5.56 Å². The van der Waals surface area contributed by atoms with Gasteiger partial charge >= 0.3 is 0 Å². The zero-order valence-electron chi connectivity index (χ0n) is 14.7. The first kappa shape index (κ1) is 17.8. The number of aryl methyl sites for hydroxylation is 1. The number of methoxy groups -OCH3 is 2. The van der Waals surface area contributed by atoms with Crippen molar-refractivity contribution in [3.05, 3.63) is 59.2 Å². The quantitative estimate of drug-likeness (QED) is 0.640. The van der Waals surface area contributed by atoms with Crippen LogP contribution in [0, 0.1) is 6.92 Å². The van der Waals surface area contributed by atoms with Gasteiger partial charge in [-0.3, -0.25) is 0 Å². The van der Waals surface area contributed by atoms with E-state index in [0.29, 0.717) is 34.0 Å². The third kappa shape index (κ3) is 4.15. The molecule has 26 heavy (non-hydrogen) atoms. The van der Waals surface area contributed by atoms with E-state index in [4.69, 9.17) is 21.1 Å². The van der Waals surface area contributed by atoms with Crippen LogP contribution in [0.3, 0.4) is 0 Å². The number of halogens is 1. The zero-order chi connectivity index (χ0) is 18.5. The van der Waals surface area contributed by atoms with Crippen molar-refractivity contribution in [2.45, 2.75) is 6.92 Å². The molecular formula is C19H19ClN4O2. The van der Waals surface area contributed by atoms with Gasteiger partial charge in [0.1, 0.15) is 17.3 Å². The van der Waals surface area contributed by atoms with Gasteiger partial charge in [-0.25, -0.2) is 4.98 Å². The molecule has 2 aromatic carbocycles. The third-order valence-electron chi connectivity index (χ3n) is 3.70. The normalized spacial score (nSPS) is 10.3. The highest BCUT2D eigenvalue weighted by atomic mass is 35.5. The molecule has 3 aromatic rings. The second-order valence-electron chi connectivity index (χ2n) is 5.57. The minimum atomic E-state index is 0.472. The molecule has 0 saturated carbocycles. The Labute approximate surface area is 157 Å². The molecule has 0 atom stereocenters. The highest BCUT2D eigenvalue weighted by Gasteiger charge is 2.11. The first-order valence-electron chi connectivity index (χ1n) is 7.94. The molecule has 1 heterocycles. The van der Waals surface area contributed by atoms with E-state index in [0.717, 1.165) is 5.69 Å². The van der Waals surface area contributed by atoms with E-state index < -0.39 is 0 Å². The van der Waals surface area contributed by atoms with Crippen LogP contribution in [0.25, 0.3) is 0 Å². The Bertz CT molecular complexity index is 901. The molecule has 0 bridgehead atoms. The van der Waals surface area contributed by atoms with Gasteiger partial charge in [0.15, 0.2) is 0 Å². The summed E-state index contributed by atoms with van der Waals surface area (Å²) in [5, 5.41) is 6.86. The molecule has 0 saturated heterocycles. The number of anilines is 4. The van der Waals surface area contributed by atoms with Crippen molar-refractivity contribution >= 4 is 34.7 Å². The van der Waals surface area contributed by atoms with Crippen molar-refractivity contribution in [3.8, 4) is 11.5 Å². The van der Waals surface area contributed by atoms with E-state index in [1.807, 2.05) is 31.2 Å². The van der Waals surface area contributed by atoms with E-state index in [1.54, 1.807) is 38.6 Å². The molecule has 0 amide bonds. The Balaban J connectivity index is 1.83. The SMILES string of the molecule is COc1cc(Nc2ccnc(Nc3ccc(C)cc3)n2)c(OC)cc1Cl. The summed E-state index contributed by atoms with van der Waals surface area (Å²) in [6.07, 6.45) is 1.67. The van der Waals surface area contributed by atoms with Crippen LogP contribution in [-0.2, 0) is 0 Å². The minimum absolute atomic E-state index is 0.472. The van der Waals surface area contributed by atoms with Crippen LogP contribution in [0.5, 0.6) is 11.5 Å². The molecule has 3 rings (SSSR count). The van der Waals surface area contributed by atoms with Crippen molar-refractivity contribution in [1.82, 2.24) is 9.97 Å². The average molecular weight is 371 g/mol. The molecule has 1 aromatic heterocycles. The summed E-state index contributed by atoms with van der Waals surface area (Å²) in [4.78, 5) is 8.73.